The van der Waals surface area contributed by atoms with Crippen LogP contribution in [0.4, 0.5) is 4.39 Å². The summed E-state index contributed by atoms with van der Waals surface area (Å²) >= 11 is 0. The Labute approximate surface area is 200 Å². The van der Waals surface area contributed by atoms with E-state index in [0.717, 1.165) is 41.3 Å². The molecule has 1 aromatic carbocycles. The van der Waals surface area contributed by atoms with Gasteiger partial charge in [0, 0.05) is 50.2 Å². The summed E-state index contributed by atoms with van der Waals surface area (Å²) in [6, 6.07) is 6.21. The number of aliphatic imine (C=N–C) groups is 1. The summed E-state index contributed by atoms with van der Waals surface area (Å²) < 4.78 is 12.5. The van der Waals surface area contributed by atoms with Crippen molar-refractivity contribution in [1.82, 2.24) is 16.0 Å². The molecule has 1 rings (SSSR count). The molecule has 0 spiro atoms. The Morgan fingerprint density at radius 1 is 1.15 bits per heavy atom. The van der Waals surface area contributed by atoms with Crippen molar-refractivity contribution in [3.63, 3.8) is 0 Å². The van der Waals surface area contributed by atoms with Gasteiger partial charge in [0.25, 0.3) is 0 Å². The van der Waals surface area contributed by atoms with Gasteiger partial charge in [-0.2, -0.15) is 0 Å². The van der Waals surface area contributed by atoms with Gasteiger partial charge in [-0.3, -0.25) is 9.79 Å². The molecule has 0 aliphatic rings. The van der Waals surface area contributed by atoms with E-state index in [1.54, 1.807) is 39.2 Å². The minimum atomic E-state index is -0.231. The van der Waals surface area contributed by atoms with Crippen molar-refractivity contribution in [2.24, 2.45) is 10.7 Å². The molecule has 0 unspecified atom stereocenters. The van der Waals surface area contributed by atoms with Crippen molar-refractivity contribution in [2.45, 2.75) is 48.0 Å². The van der Waals surface area contributed by atoms with Gasteiger partial charge in [0.2, 0.25) is 0 Å². The summed E-state index contributed by atoms with van der Waals surface area (Å²) in [7, 11) is 3.47. The standard InChI is InChI=1S/C15H27N3O.C9H11FN2.C2H6/c1-5-8-15(13(6-2)10-16)18-11-14(17-7-3)9-12(4)19;1-11-9(12-2)7-3-5-8(10)6-4-7;1-2/h6,8-9,17-18H,5,7,10-11,16H2,1-4H3;3-6H,1-2H3,(H,11,12);1-2H3/b13-6-,14-9-,15-8+;;. The lowest BCUT2D eigenvalue weighted by Gasteiger charge is -2.16. The van der Waals surface area contributed by atoms with Crippen LogP contribution in [-0.4, -0.2) is 45.3 Å². The number of nitrogens with one attached hydrogen (secondary N) is 3. The van der Waals surface area contributed by atoms with Crippen LogP contribution in [0.15, 0.2) is 64.5 Å². The normalized spacial score (nSPS) is 12.1. The third-order valence-corrected chi connectivity index (χ3v) is 4.15. The van der Waals surface area contributed by atoms with E-state index in [4.69, 9.17) is 5.73 Å². The topological polar surface area (TPSA) is 91.5 Å². The molecule has 0 aliphatic heterocycles. The summed E-state index contributed by atoms with van der Waals surface area (Å²) in [5.41, 5.74) is 9.64. The summed E-state index contributed by atoms with van der Waals surface area (Å²) in [5.74, 6) is 0.573. The highest BCUT2D eigenvalue weighted by molar-refractivity contribution is 5.98. The maximum absolute atomic E-state index is 12.5. The number of halogens is 1. The molecule has 33 heavy (non-hydrogen) atoms. The molecule has 7 heteroatoms. The first kappa shape index (κ1) is 32.3. The number of carbonyl (C=O) groups is 1. The van der Waals surface area contributed by atoms with E-state index in [-0.39, 0.29) is 11.6 Å². The number of ketones is 1. The van der Waals surface area contributed by atoms with Crippen LogP contribution >= 0.6 is 0 Å². The highest BCUT2D eigenvalue weighted by atomic mass is 19.1. The maximum atomic E-state index is 12.5. The Morgan fingerprint density at radius 2 is 1.76 bits per heavy atom. The van der Waals surface area contributed by atoms with Crippen molar-refractivity contribution in [3.05, 3.63) is 70.8 Å². The van der Waals surface area contributed by atoms with E-state index >= 15 is 0 Å². The molecule has 6 nitrogen and oxygen atoms in total. The predicted molar refractivity (Wildman–Crippen MR) is 141 cm³/mol. The zero-order valence-electron chi connectivity index (χ0n) is 21.7. The number of nitrogens with two attached hydrogens (primary N) is 1. The average molecular weight is 462 g/mol. The Bertz CT molecular complexity index is 780. The molecular weight excluding hydrogens is 417 g/mol. The van der Waals surface area contributed by atoms with Crippen LogP contribution in [0.1, 0.15) is 53.5 Å². The van der Waals surface area contributed by atoms with Crippen LogP contribution in [0.25, 0.3) is 0 Å². The third-order valence-electron chi connectivity index (χ3n) is 4.15. The van der Waals surface area contributed by atoms with Gasteiger partial charge in [0.15, 0.2) is 5.78 Å². The minimum Gasteiger partial charge on any atom is -0.387 e. The molecule has 0 aromatic heterocycles. The molecule has 0 aliphatic carbocycles. The highest BCUT2D eigenvalue weighted by Gasteiger charge is 2.04. The summed E-state index contributed by atoms with van der Waals surface area (Å²) in [6.07, 6.45) is 6.68. The Morgan fingerprint density at radius 3 is 2.15 bits per heavy atom. The van der Waals surface area contributed by atoms with Crippen molar-refractivity contribution >= 4 is 11.6 Å². The number of allylic oxidation sites excluding steroid dienone is 3. The fraction of sp³-hybridized carbons (Fsp3) is 0.462. The van der Waals surface area contributed by atoms with Gasteiger partial charge in [-0.25, -0.2) is 4.39 Å². The van der Waals surface area contributed by atoms with Crippen LogP contribution in [0.3, 0.4) is 0 Å². The highest BCUT2D eigenvalue weighted by Crippen LogP contribution is 2.07. The predicted octanol–water partition coefficient (Wildman–Crippen LogP) is 4.31. The molecule has 0 amide bonds. The smallest absolute Gasteiger partial charge is 0.154 e. The Kier molecular flexibility index (Phi) is 20.5. The van der Waals surface area contributed by atoms with Gasteiger partial charge in [-0.1, -0.05) is 32.9 Å². The molecule has 186 valence electrons. The molecular formula is C26H44FN5O. The molecule has 0 fully saturated rings. The number of amidine groups is 1. The fourth-order valence-electron chi connectivity index (χ4n) is 2.72. The van der Waals surface area contributed by atoms with E-state index in [9.17, 15) is 9.18 Å². The fourth-order valence-corrected chi connectivity index (χ4v) is 2.72. The van der Waals surface area contributed by atoms with Crippen molar-refractivity contribution in [1.29, 1.82) is 0 Å². The Balaban J connectivity index is 0. The second-order valence-electron chi connectivity index (χ2n) is 6.54. The SMILES string of the molecule is C/C=C(CN)\C(=C/CC)NC/C(=C/C(C)=O)NCC.CC.CN=C(NC)c1ccc(F)cc1. The summed E-state index contributed by atoms with van der Waals surface area (Å²) in [5, 5.41) is 9.44. The van der Waals surface area contributed by atoms with Crippen molar-refractivity contribution < 1.29 is 9.18 Å². The zero-order chi connectivity index (χ0) is 25.6. The van der Waals surface area contributed by atoms with Gasteiger partial charge in [0.05, 0.1) is 6.54 Å². The van der Waals surface area contributed by atoms with Crippen LogP contribution in [0.2, 0.25) is 0 Å². The second-order valence-corrected chi connectivity index (χ2v) is 6.54. The monoisotopic (exact) mass is 461 g/mol. The first-order chi connectivity index (χ1) is 15.9. The maximum Gasteiger partial charge on any atom is 0.154 e. The van der Waals surface area contributed by atoms with Crippen LogP contribution in [0.5, 0.6) is 0 Å². The number of likely N-dealkylation sites (N-methyl/N-ethyl adjacent to an activating group) is 1. The minimum absolute atomic E-state index is 0.0452. The quantitative estimate of drug-likeness (QED) is 0.180. The zero-order valence-corrected chi connectivity index (χ0v) is 21.7. The van der Waals surface area contributed by atoms with Gasteiger partial charge in [-0.15, -0.1) is 0 Å². The second kappa shape index (κ2) is 20.9. The Hall–Kier alpha value is -2.93. The number of nitrogens with zero attached hydrogens (tertiary/aromatic N) is 1. The number of hydrogen-bond donors (Lipinski definition) is 4. The van der Waals surface area contributed by atoms with Crippen molar-refractivity contribution in [2.75, 3.05) is 33.7 Å². The number of carbonyl (C=O) groups excluding carboxylic acids is 1. The lowest BCUT2D eigenvalue weighted by molar-refractivity contribution is -0.112. The molecule has 0 saturated carbocycles. The molecule has 1 aromatic rings. The van der Waals surface area contributed by atoms with E-state index in [1.165, 1.54) is 12.1 Å². The molecule has 0 atom stereocenters. The van der Waals surface area contributed by atoms with Gasteiger partial charge < -0.3 is 21.7 Å². The average Bonchev–Trinajstić information content (AvgIpc) is 2.81. The molecule has 0 saturated heterocycles. The van der Waals surface area contributed by atoms with Gasteiger partial charge in [-0.05, 0) is 57.0 Å². The summed E-state index contributed by atoms with van der Waals surface area (Å²) in [6.45, 7) is 13.5. The molecule has 0 heterocycles. The van der Waals surface area contributed by atoms with E-state index in [2.05, 4.69) is 33.9 Å². The first-order valence-corrected chi connectivity index (χ1v) is 11.5. The number of hydrogen-bond acceptors (Lipinski definition) is 5. The van der Waals surface area contributed by atoms with E-state index in [1.807, 2.05) is 33.8 Å². The lowest BCUT2D eigenvalue weighted by Crippen LogP contribution is -2.27. The van der Waals surface area contributed by atoms with E-state index < -0.39 is 0 Å². The van der Waals surface area contributed by atoms with Gasteiger partial charge >= 0.3 is 0 Å². The summed E-state index contributed by atoms with van der Waals surface area (Å²) in [4.78, 5) is 15.1. The number of benzene rings is 1. The third kappa shape index (κ3) is 14.7. The van der Waals surface area contributed by atoms with E-state index in [0.29, 0.717) is 13.1 Å². The lowest BCUT2D eigenvalue weighted by atomic mass is 10.1. The van der Waals surface area contributed by atoms with Crippen LogP contribution < -0.4 is 21.7 Å². The molecule has 5 N–H and O–H groups in total. The first-order valence-electron chi connectivity index (χ1n) is 11.5. The van der Waals surface area contributed by atoms with Crippen molar-refractivity contribution in [3.8, 4) is 0 Å². The molecule has 0 bridgehead atoms. The van der Waals surface area contributed by atoms with Gasteiger partial charge in [0.1, 0.15) is 11.7 Å². The molecule has 0 radical (unpaired) electrons. The number of rotatable bonds is 10. The van der Waals surface area contributed by atoms with Crippen LogP contribution in [-0.2, 0) is 4.79 Å². The van der Waals surface area contributed by atoms with Crippen LogP contribution in [0, 0.1) is 5.82 Å². The largest absolute Gasteiger partial charge is 0.387 e.